The van der Waals surface area contributed by atoms with E-state index in [-0.39, 0.29) is 23.1 Å². The van der Waals surface area contributed by atoms with Crippen molar-refractivity contribution in [3.05, 3.63) is 0 Å². The SMILES string of the molecule is CC1(C)CC2(CC(C)(C)N1)OC1(CCCC1)C(=O)N2CC1CO1. The molecule has 1 saturated carbocycles. The summed E-state index contributed by atoms with van der Waals surface area (Å²) in [4.78, 5) is 15.4. The molecule has 2 spiro atoms. The molecule has 3 heterocycles. The Bertz CT molecular complexity index is 502. The van der Waals surface area contributed by atoms with E-state index in [1.807, 2.05) is 0 Å². The van der Waals surface area contributed by atoms with Crippen molar-refractivity contribution in [1.82, 2.24) is 10.2 Å². The van der Waals surface area contributed by atoms with Gasteiger partial charge in [0.05, 0.1) is 19.3 Å². The monoisotopic (exact) mass is 322 g/mol. The van der Waals surface area contributed by atoms with Gasteiger partial charge in [-0.15, -0.1) is 0 Å². The largest absolute Gasteiger partial charge is 0.371 e. The molecule has 5 heteroatoms. The molecule has 1 N–H and O–H groups in total. The van der Waals surface area contributed by atoms with Gasteiger partial charge in [-0.2, -0.15) is 0 Å². The maximum atomic E-state index is 13.3. The number of piperidine rings is 1. The van der Waals surface area contributed by atoms with Gasteiger partial charge in [0.15, 0.2) is 0 Å². The summed E-state index contributed by atoms with van der Waals surface area (Å²) in [7, 11) is 0. The molecular formula is C18H30N2O3. The Morgan fingerprint density at radius 1 is 1.13 bits per heavy atom. The third-order valence-electron chi connectivity index (χ3n) is 5.83. The van der Waals surface area contributed by atoms with Crippen LogP contribution in [0, 0.1) is 0 Å². The number of ether oxygens (including phenoxy) is 2. The van der Waals surface area contributed by atoms with Crippen molar-refractivity contribution >= 4 is 5.91 Å². The standard InChI is InChI=1S/C18H30N2O3/c1-15(2)11-18(12-16(3,4)19-15)20(9-13-10-22-13)14(21)17(23-18)7-5-6-8-17/h13,19H,5-12H2,1-4H3. The molecule has 1 amide bonds. The Kier molecular flexibility index (Phi) is 3.24. The van der Waals surface area contributed by atoms with Crippen LogP contribution in [0.5, 0.6) is 0 Å². The lowest BCUT2D eigenvalue weighted by molar-refractivity contribution is -0.183. The van der Waals surface area contributed by atoms with Gasteiger partial charge in [-0.05, 0) is 53.4 Å². The van der Waals surface area contributed by atoms with Gasteiger partial charge < -0.3 is 19.7 Å². The van der Waals surface area contributed by atoms with Crippen LogP contribution in [0.2, 0.25) is 0 Å². The Morgan fingerprint density at radius 3 is 2.22 bits per heavy atom. The molecule has 0 bridgehead atoms. The van der Waals surface area contributed by atoms with Crippen LogP contribution in [-0.4, -0.2) is 52.5 Å². The molecular weight excluding hydrogens is 292 g/mol. The van der Waals surface area contributed by atoms with Crippen molar-refractivity contribution in [3.63, 3.8) is 0 Å². The second-order valence-electron chi connectivity index (χ2n) is 9.37. The molecule has 1 atom stereocenters. The van der Waals surface area contributed by atoms with Crippen LogP contribution in [0.15, 0.2) is 0 Å². The zero-order valence-electron chi connectivity index (χ0n) is 14.9. The maximum Gasteiger partial charge on any atom is 0.257 e. The fourth-order valence-electron chi connectivity index (χ4n) is 5.49. The minimum atomic E-state index is -0.557. The molecule has 23 heavy (non-hydrogen) atoms. The zero-order chi connectivity index (χ0) is 16.5. The molecule has 0 radical (unpaired) electrons. The van der Waals surface area contributed by atoms with E-state index in [1.54, 1.807) is 0 Å². The van der Waals surface area contributed by atoms with Crippen LogP contribution in [0.25, 0.3) is 0 Å². The normalized spacial score (nSPS) is 36.1. The highest BCUT2D eigenvalue weighted by Gasteiger charge is 2.65. The topological polar surface area (TPSA) is 54.1 Å². The van der Waals surface area contributed by atoms with Crippen LogP contribution in [0.4, 0.5) is 0 Å². The number of hydrogen-bond donors (Lipinski definition) is 1. The number of carbonyl (C=O) groups is 1. The average molecular weight is 322 g/mol. The van der Waals surface area contributed by atoms with Crippen LogP contribution >= 0.6 is 0 Å². The molecule has 0 aromatic heterocycles. The number of rotatable bonds is 2. The van der Waals surface area contributed by atoms with Gasteiger partial charge in [-0.1, -0.05) is 0 Å². The molecule has 3 aliphatic heterocycles. The highest BCUT2D eigenvalue weighted by Crippen LogP contribution is 2.52. The number of nitrogens with zero attached hydrogens (tertiary/aromatic N) is 1. The van der Waals surface area contributed by atoms with Gasteiger partial charge in [0.1, 0.15) is 11.3 Å². The lowest BCUT2D eigenvalue weighted by atomic mass is 9.76. The number of nitrogens with one attached hydrogen (secondary N) is 1. The lowest BCUT2D eigenvalue weighted by Gasteiger charge is -2.53. The zero-order valence-corrected chi connectivity index (χ0v) is 14.9. The summed E-state index contributed by atoms with van der Waals surface area (Å²) in [6.07, 6.45) is 5.83. The minimum Gasteiger partial charge on any atom is -0.371 e. The van der Waals surface area contributed by atoms with Gasteiger partial charge >= 0.3 is 0 Å². The summed E-state index contributed by atoms with van der Waals surface area (Å²) >= 11 is 0. The van der Waals surface area contributed by atoms with Gasteiger partial charge in [0, 0.05) is 23.9 Å². The van der Waals surface area contributed by atoms with E-state index in [4.69, 9.17) is 9.47 Å². The average Bonchev–Trinajstić information content (AvgIpc) is 3.04. The molecule has 0 aromatic rings. The van der Waals surface area contributed by atoms with Crippen LogP contribution < -0.4 is 5.32 Å². The van der Waals surface area contributed by atoms with E-state index >= 15 is 0 Å². The van der Waals surface area contributed by atoms with E-state index < -0.39 is 11.3 Å². The van der Waals surface area contributed by atoms with E-state index in [0.717, 1.165) is 45.1 Å². The van der Waals surface area contributed by atoms with Crippen LogP contribution in [0.1, 0.15) is 66.2 Å². The molecule has 4 fully saturated rings. The second kappa shape index (κ2) is 4.70. The predicted octanol–water partition coefficient (Wildman–Crippen LogP) is 2.19. The third kappa shape index (κ3) is 2.61. The quantitative estimate of drug-likeness (QED) is 0.792. The Hall–Kier alpha value is -0.650. The van der Waals surface area contributed by atoms with Gasteiger partial charge in [-0.3, -0.25) is 4.79 Å². The molecule has 130 valence electrons. The first-order chi connectivity index (χ1) is 10.7. The van der Waals surface area contributed by atoms with Crippen molar-refractivity contribution in [3.8, 4) is 0 Å². The summed E-state index contributed by atoms with van der Waals surface area (Å²) in [5.74, 6) is 0.221. The van der Waals surface area contributed by atoms with Crippen molar-refractivity contribution in [2.24, 2.45) is 0 Å². The highest BCUT2D eigenvalue weighted by molar-refractivity contribution is 5.88. The number of epoxide rings is 1. The molecule has 5 nitrogen and oxygen atoms in total. The Labute approximate surface area is 139 Å². The number of carbonyl (C=O) groups excluding carboxylic acids is 1. The Balaban J connectivity index is 1.72. The van der Waals surface area contributed by atoms with Crippen molar-refractivity contribution in [1.29, 1.82) is 0 Å². The molecule has 0 aromatic carbocycles. The first kappa shape index (κ1) is 15.9. The molecule has 1 unspecified atom stereocenters. The summed E-state index contributed by atoms with van der Waals surface area (Å²) in [6.45, 7) is 10.3. The van der Waals surface area contributed by atoms with E-state index in [2.05, 4.69) is 37.9 Å². The van der Waals surface area contributed by atoms with Crippen LogP contribution in [0.3, 0.4) is 0 Å². The summed E-state index contributed by atoms with van der Waals surface area (Å²) in [6, 6.07) is 0. The second-order valence-corrected chi connectivity index (χ2v) is 9.37. The maximum absolute atomic E-state index is 13.3. The lowest BCUT2D eigenvalue weighted by Crippen LogP contribution is -2.67. The van der Waals surface area contributed by atoms with Gasteiger partial charge in [0.25, 0.3) is 5.91 Å². The summed E-state index contributed by atoms with van der Waals surface area (Å²) in [5, 5.41) is 3.72. The van der Waals surface area contributed by atoms with Crippen molar-refractivity contribution in [2.75, 3.05) is 13.2 Å². The van der Waals surface area contributed by atoms with E-state index in [0.29, 0.717) is 6.54 Å². The van der Waals surface area contributed by atoms with Gasteiger partial charge in [0.2, 0.25) is 0 Å². The molecule has 3 saturated heterocycles. The van der Waals surface area contributed by atoms with Crippen molar-refractivity contribution < 1.29 is 14.3 Å². The molecule has 4 aliphatic rings. The highest BCUT2D eigenvalue weighted by atomic mass is 16.6. The Morgan fingerprint density at radius 2 is 1.70 bits per heavy atom. The molecule has 4 rings (SSSR count). The van der Waals surface area contributed by atoms with Gasteiger partial charge in [-0.25, -0.2) is 0 Å². The summed E-state index contributed by atoms with van der Waals surface area (Å²) < 4.78 is 12.2. The molecule has 1 aliphatic carbocycles. The first-order valence-electron chi connectivity index (χ1n) is 9.09. The fraction of sp³-hybridized carbons (Fsp3) is 0.944. The third-order valence-corrected chi connectivity index (χ3v) is 5.83. The first-order valence-corrected chi connectivity index (χ1v) is 9.09. The minimum absolute atomic E-state index is 0.0607. The van der Waals surface area contributed by atoms with E-state index in [1.165, 1.54) is 0 Å². The van der Waals surface area contributed by atoms with Crippen LogP contribution in [-0.2, 0) is 14.3 Å². The predicted molar refractivity (Wildman–Crippen MR) is 87.0 cm³/mol. The fourth-order valence-corrected chi connectivity index (χ4v) is 5.49. The number of hydrogen-bond acceptors (Lipinski definition) is 4. The summed E-state index contributed by atoms with van der Waals surface area (Å²) in [5.41, 5.74) is -1.16. The van der Waals surface area contributed by atoms with Crippen molar-refractivity contribution in [2.45, 2.75) is 94.7 Å². The smallest absolute Gasteiger partial charge is 0.257 e. The van der Waals surface area contributed by atoms with E-state index in [9.17, 15) is 4.79 Å². The number of amides is 1.